The van der Waals surface area contributed by atoms with E-state index < -0.39 is 0 Å². The molecule has 2 rings (SSSR count). The molecule has 0 spiro atoms. The number of aromatic nitrogens is 1. The highest BCUT2D eigenvalue weighted by Crippen LogP contribution is 2.31. The summed E-state index contributed by atoms with van der Waals surface area (Å²) in [6, 6.07) is 1.62. The Morgan fingerprint density at radius 2 is 2.53 bits per heavy atom. The Labute approximate surface area is 106 Å². The van der Waals surface area contributed by atoms with Crippen molar-refractivity contribution in [2.24, 2.45) is 0 Å². The van der Waals surface area contributed by atoms with Crippen molar-refractivity contribution in [1.82, 2.24) is 4.98 Å². The molecule has 0 radical (unpaired) electrons. The van der Waals surface area contributed by atoms with E-state index in [1.165, 1.54) is 0 Å². The fraction of sp³-hybridized carbons (Fsp3) is 0.500. The number of nitrogens with zero attached hydrogens (tertiary/aromatic N) is 2. The molecule has 92 valence electrons. The maximum absolute atomic E-state index is 11.8. The molecule has 0 saturated carbocycles. The minimum absolute atomic E-state index is 0.169. The molecule has 1 aromatic heterocycles. The predicted octanol–water partition coefficient (Wildman–Crippen LogP) is 2.27. The van der Waals surface area contributed by atoms with Crippen molar-refractivity contribution in [3.8, 4) is 0 Å². The Hall–Kier alpha value is -1.29. The van der Waals surface area contributed by atoms with Gasteiger partial charge < -0.3 is 9.64 Å². The Kier molecular flexibility index (Phi) is 3.84. The Bertz CT molecular complexity index is 411. The van der Waals surface area contributed by atoms with Crippen LogP contribution in [-0.2, 0) is 9.53 Å². The molecule has 1 fully saturated rings. The molecule has 17 heavy (non-hydrogen) atoms. The first-order valence-electron chi connectivity index (χ1n) is 5.77. The molecule has 0 aliphatic carbocycles. The van der Waals surface area contributed by atoms with Crippen molar-refractivity contribution in [2.45, 2.75) is 25.8 Å². The van der Waals surface area contributed by atoms with Crippen LogP contribution >= 0.6 is 11.6 Å². The first kappa shape index (κ1) is 12.2. The van der Waals surface area contributed by atoms with Gasteiger partial charge in [-0.1, -0.05) is 11.6 Å². The minimum atomic E-state index is -0.213. The van der Waals surface area contributed by atoms with E-state index in [0.717, 1.165) is 25.1 Å². The molecule has 1 aliphatic heterocycles. The summed E-state index contributed by atoms with van der Waals surface area (Å²) in [7, 11) is 0. The number of anilines is 1. The smallest absolute Gasteiger partial charge is 0.328 e. The van der Waals surface area contributed by atoms with Crippen molar-refractivity contribution < 1.29 is 9.53 Å². The van der Waals surface area contributed by atoms with Crippen LogP contribution in [0.15, 0.2) is 18.5 Å². The fourth-order valence-electron chi connectivity index (χ4n) is 2.14. The average Bonchev–Trinajstić information content (AvgIpc) is 2.79. The van der Waals surface area contributed by atoms with Gasteiger partial charge in [0, 0.05) is 18.9 Å². The Morgan fingerprint density at radius 1 is 1.71 bits per heavy atom. The van der Waals surface area contributed by atoms with Crippen LogP contribution in [0.4, 0.5) is 5.69 Å². The molecule has 0 bridgehead atoms. The van der Waals surface area contributed by atoms with Crippen molar-refractivity contribution in [3.63, 3.8) is 0 Å². The van der Waals surface area contributed by atoms with Crippen LogP contribution in [0.2, 0.25) is 5.02 Å². The van der Waals surface area contributed by atoms with E-state index in [2.05, 4.69) is 4.98 Å². The molecule has 0 N–H and O–H groups in total. The molecular weight excluding hydrogens is 240 g/mol. The van der Waals surface area contributed by atoms with Gasteiger partial charge in [-0.05, 0) is 25.8 Å². The van der Waals surface area contributed by atoms with E-state index in [4.69, 9.17) is 16.3 Å². The first-order chi connectivity index (χ1) is 8.24. The van der Waals surface area contributed by atoms with Crippen molar-refractivity contribution >= 4 is 23.3 Å². The van der Waals surface area contributed by atoms with Gasteiger partial charge in [-0.15, -0.1) is 0 Å². The van der Waals surface area contributed by atoms with Crippen LogP contribution in [-0.4, -0.2) is 30.1 Å². The number of rotatable bonds is 3. The highest BCUT2D eigenvalue weighted by molar-refractivity contribution is 6.33. The summed E-state index contributed by atoms with van der Waals surface area (Å²) in [4.78, 5) is 17.8. The summed E-state index contributed by atoms with van der Waals surface area (Å²) >= 11 is 6.10. The third kappa shape index (κ3) is 2.52. The monoisotopic (exact) mass is 254 g/mol. The molecule has 5 heteroatoms. The lowest BCUT2D eigenvalue weighted by Gasteiger charge is -2.25. The van der Waals surface area contributed by atoms with Gasteiger partial charge in [0.05, 0.1) is 17.3 Å². The van der Waals surface area contributed by atoms with E-state index in [1.54, 1.807) is 12.4 Å². The maximum Gasteiger partial charge on any atom is 0.328 e. The number of halogens is 1. The summed E-state index contributed by atoms with van der Waals surface area (Å²) in [5, 5.41) is 0.573. The van der Waals surface area contributed by atoms with Gasteiger partial charge in [0.2, 0.25) is 0 Å². The third-order valence-electron chi connectivity index (χ3n) is 2.87. The molecule has 4 nitrogen and oxygen atoms in total. The zero-order chi connectivity index (χ0) is 12.3. The van der Waals surface area contributed by atoms with E-state index in [-0.39, 0.29) is 12.0 Å². The van der Waals surface area contributed by atoms with Crippen LogP contribution in [0, 0.1) is 0 Å². The van der Waals surface area contributed by atoms with E-state index >= 15 is 0 Å². The lowest BCUT2D eigenvalue weighted by atomic mass is 10.2. The van der Waals surface area contributed by atoms with Gasteiger partial charge >= 0.3 is 5.97 Å². The summed E-state index contributed by atoms with van der Waals surface area (Å²) < 4.78 is 5.08. The second-order valence-electron chi connectivity index (χ2n) is 3.93. The first-order valence-corrected chi connectivity index (χ1v) is 6.14. The van der Waals surface area contributed by atoms with Crippen LogP contribution in [0.25, 0.3) is 0 Å². The number of hydrogen-bond donors (Lipinski definition) is 0. The van der Waals surface area contributed by atoms with Crippen LogP contribution < -0.4 is 4.90 Å². The van der Waals surface area contributed by atoms with Gasteiger partial charge in [-0.3, -0.25) is 4.98 Å². The molecule has 1 unspecified atom stereocenters. The number of carbonyl (C=O) groups excluding carboxylic acids is 1. The molecule has 0 aromatic carbocycles. The van der Waals surface area contributed by atoms with Gasteiger partial charge in [-0.2, -0.15) is 0 Å². The zero-order valence-electron chi connectivity index (χ0n) is 9.73. The van der Waals surface area contributed by atoms with Crippen LogP contribution in [0.1, 0.15) is 19.8 Å². The third-order valence-corrected chi connectivity index (χ3v) is 3.16. The van der Waals surface area contributed by atoms with Gasteiger partial charge in [0.15, 0.2) is 0 Å². The summed E-state index contributed by atoms with van der Waals surface area (Å²) in [6.07, 6.45) is 5.07. The van der Waals surface area contributed by atoms with E-state index in [0.29, 0.717) is 11.6 Å². The maximum atomic E-state index is 11.8. The average molecular weight is 255 g/mol. The second kappa shape index (κ2) is 5.36. The normalized spacial score (nSPS) is 19.4. The zero-order valence-corrected chi connectivity index (χ0v) is 10.5. The van der Waals surface area contributed by atoms with Gasteiger partial charge in [0.25, 0.3) is 0 Å². The summed E-state index contributed by atoms with van der Waals surface area (Å²) in [5.74, 6) is -0.169. The van der Waals surface area contributed by atoms with Gasteiger partial charge in [0.1, 0.15) is 6.04 Å². The van der Waals surface area contributed by atoms with Crippen molar-refractivity contribution in [3.05, 3.63) is 23.5 Å². The number of hydrogen-bond acceptors (Lipinski definition) is 4. The lowest BCUT2D eigenvalue weighted by Crippen LogP contribution is -2.37. The number of carbonyl (C=O) groups is 1. The van der Waals surface area contributed by atoms with Crippen LogP contribution in [0.3, 0.4) is 0 Å². The highest BCUT2D eigenvalue weighted by Gasteiger charge is 2.32. The SMILES string of the molecule is CCOC(=O)C1CCCN1c1ccncc1Cl. The van der Waals surface area contributed by atoms with Crippen molar-refractivity contribution in [2.75, 3.05) is 18.1 Å². The highest BCUT2D eigenvalue weighted by atomic mass is 35.5. The number of ether oxygens (including phenoxy) is 1. The summed E-state index contributed by atoms with van der Waals surface area (Å²) in [6.45, 7) is 3.05. The molecule has 1 aliphatic rings. The number of pyridine rings is 1. The van der Waals surface area contributed by atoms with Crippen molar-refractivity contribution in [1.29, 1.82) is 0 Å². The topological polar surface area (TPSA) is 42.4 Å². The Morgan fingerprint density at radius 3 is 3.24 bits per heavy atom. The fourth-order valence-corrected chi connectivity index (χ4v) is 2.37. The Balaban J connectivity index is 2.20. The molecule has 0 amide bonds. The standard InChI is InChI=1S/C12H15ClN2O2/c1-2-17-12(16)11-4-3-7-15(11)10-5-6-14-8-9(10)13/h5-6,8,11H,2-4,7H2,1H3. The van der Waals surface area contributed by atoms with Gasteiger partial charge in [-0.25, -0.2) is 4.79 Å². The molecule has 1 atom stereocenters. The van der Waals surface area contributed by atoms with E-state index in [1.807, 2.05) is 17.9 Å². The van der Waals surface area contributed by atoms with Crippen LogP contribution in [0.5, 0.6) is 0 Å². The molecule has 1 aromatic rings. The second-order valence-corrected chi connectivity index (χ2v) is 4.34. The summed E-state index contributed by atoms with van der Waals surface area (Å²) in [5.41, 5.74) is 0.859. The predicted molar refractivity (Wildman–Crippen MR) is 66.2 cm³/mol. The molecule has 1 saturated heterocycles. The molecular formula is C12H15ClN2O2. The quantitative estimate of drug-likeness (QED) is 0.776. The van der Waals surface area contributed by atoms with E-state index in [9.17, 15) is 4.79 Å². The lowest BCUT2D eigenvalue weighted by molar-refractivity contribution is -0.144. The number of esters is 1. The largest absolute Gasteiger partial charge is 0.464 e. The molecule has 2 heterocycles. The minimum Gasteiger partial charge on any atom is -0.464 e.